The molecular weight excluding hydrogens is 318 g/mol. The predicted molar refractivity (Wildman–Crippen MR) is 101 cm³/mol. The van der Waals surface area contributed by atoms with E-state index in [0.29, 0.717) is 5.82 Å². The van der Waals surface area contributed by atoms with E-state index in [2.05, 4.69) is 39.9 Å². The minimum Gasteiger partial charge on any atom is -0.384 e. The largest absolute Gasteiger partial charge is 0.384 e. The van der Waals surface area contributed by atoms with Crippen molar-refractivity contribution in [2.75, 3.05) is 25.4 Å². The first kappa shape index (κ1) is 16.6. The molecule has 122 valence electrons. The zero-order valence-corrected chi connectivity index (χ0v) is 14.3. The van der Waals surface area contributed by atoms with Crippen LogP contribution in [-0.2, 0) is 0 Å². The highest BCUT2D eigenvalue weighted by molar-refractivity contribution is 6.30. The van der Waals surface area contributed by atoms with Crippen LogP contribution in [0.15, 0.2) is 48.7 Å². The molecule has 0 spiro atoms. The molecule has 1 aromatic carbocycles. The number of benzene rings is 1. The summed E-state index contributed by atoms with van der Waals surface area (Å²) >= 11 is 5.95. The standard InChI is InChI=1S/C20H20ClN3/c21-19-7-5-17(6-8-19)18-10-13-24(14-11-18)12-2-1-3-16-4-9-20(22)23-15-16/h4-10,15H,2,11-14H2,(H2,22,23). The monoisotopic (exact) mass is 337 g/mol. The van der Waals surface area contributed by atoms with Crippen LogP contribution in [0.5, 0.6) is 0 Å². The molecule has 2 N–H and O–H groups in total. The maximum absolute atomic E-state index is 5.95. The molecule has 0 saturated heterocycles. The van der Waals surface area contributed by atoms with Gasteiger partial charge < -0.3 is 5.73 Å². The van der Waals surface area contributed by atoms with Crippen molar-refractivity contribution in [3.8, 4) is 11.8 Å². The fraction of sp³-hybridized carbons (Fsp3) is 0.250. The third kappa shape index (κ3) is 4.61. The van der Waals surface area contributed by atoms with Crippen molar-refractivity contribution >= 4 is 23.0 Å². The van der Waals surface area contributed by atoms with Gasteiger partial charge in [0, 0.05) is 42.8 Å². The summed E-state index contributed by atoms with van der Waals surface area (Å²) in [7, 11) is 0. The second-order valence-corrected chi connectivity index (χ2v) is 6.25. The number of aromatic nitrogens is 1. The molecule has 0 radical (unpaired) electrons. The number of anilines is 1. The van der Waals surface area contributed by atoms with Crippen molar-refractivity contribution in [2.45, 2.75) is 12.8 Å². The highest BCUT2D eigenvalue weighted by Gasteiger charge is 2.12. The van der Waals surface area contributed by atoms with Gasteiger partial charge in [-0.25, -0.2) is 4.98 Å². The van der Waals surface area contributed by atoms with Crippen LogP contribution in [0.3, 0.4) is 0 Å². The first-order chi connectivity index (χ1) is 11.7. The van der Waals surface area contributed by atoms with Gasteiger partial charge in [-0.1, -0.05) is 41.7 Å². The Bertz CT molecular complexity index is 767. The summed E-state index contributed by atoms with van der Waals surface area (Å²) < 4.78 is 0. The maximum atomic E-state index is 5.95. The summed E-state index contributed by atoms with van der Waals surface area (Å²) in [4.78, 5) is 6.46. The molecule has 0 bridgehead atoms. The highest BCUT2D eigenvalue weighted by atomic mass is 35.5. The number of hydrogen-bond acceptors (Lipinski definition) is 3. The molecule has 0 amide bonds. The quantitative estimate of drug-likeness (QED) is 0.865. The van der Waals surface area contributed by atoms with Gasteiger partial charge in [0.1, 0.15) is 5.82 Å². The first-order valence-electron chi connectivity index (χ1n) is 8.08. The Hall–Kier alpha value is -2.28. The Morgan fingerprint density at radius 1 is 1.17 bits per heavy atom. The molecule has 0 atom stereocenters. The zero-order valence-electron chi connectivity index (χ0n) is 13.5. The summed E-state index contributed by atoms with van der Waals surface area (Å²) in [6.45, 7) is 3.03. The summed E-state index contributed by atoms with van der Waals surface area (Å²) in [6, 6.07) is 11.8. The summed E-state index contributed by atoms with van der Waals surface area (Å²) in [6.07, 6.45) is 5.94. The van der Waals surface area contributed by atoms with Gasteiger partial charge in [-0.3, -0.25) is 4.90 Å². The van der Waals surface area contributed by atoms with E-state index < -0.39 is 0 Å². The fourth-order valence-corrected chi connectivity index (χ4v) is 2.82. The molecule has 2 aromatic rings. The normalized spacial score (nSPS) is 14.6. The maximum Gasteiger partial charge on any atom is 0.123 e. The van der Waals surface area contributed by atoms with E-state index in [1.165, 1.54) is 11.1 Å². The lowest BCUT2D eigenvalue weighted by Crippen LogP contribution is -2.29. The van der Waals surface area contributed by atoms with Gasteiger partial charge in [0.05, 0.1) is 0 Å². The van der Waals surface area contributed by atoms with Gasteiger partial charge in [-0.2, -0.15) is 0 Å². The van der Waals surface area contributed by atoms with Crippen molar-refractivity contribution in [3.05, 3.63) is 64.8 Å². The van der Waals surface area contributed by atoms with E-state index in [1.54, 1.807) is 12.3 Å². The molecule has 2 heterocycles. The Morgan fingerprint density at radius 2 is 2.00 bits per heavy atom. The molecule has 0 saturated carbocycles. The molecular formula is C20H20ClN3. The van der Waals surface area contributed by atoms with Crippen LogP contribution in [0.1, 0.15) is 24.0 Å². The van der Waals surface area contributed by atoms with Gasteiger partial charge in [0.2, 0.25) is 0 Å². The summed E-state index contributed by atoms with van der Waals surface area (Å²) in [5, 5.41) is 0.784. The van der Waals surface area contributed by atoms with Crippen molar-refractivity contribution in [1.29, 1.82) is 0 Å². The van der Waals surface area contributed by atoms with Crippen LogP contribution in [0.2, 0.25) is 5.02 Å². The Morgan fingerprint density at radius 3 is 2.67 bits per heavy atom. The van der Waals surface area contributed by atoms with E-state index in [0.717, 1.165) is 43.1 Å². The number of halogens is 1. The fourth-order valence-electron chi connectivity index (χ4n) is 2.70. The number of nitrogens with zero attached hydrogens (tertiary/aromatic N) is 2. The van der Waals surface area contributed by atoms with Crippen molar-refractivity contribution in [3.63, 3.8) is 0 Å². The lowest BCUT2D eigenvalue weighted by molar-refractivity contribution is 0.309. The average Bonchev–Trinajstić information content (AvgIpc) is 2.62. The van der Waals surface area contributed by atoms with Gasteiger partial charge in [0.15, 0.2) is 0 Å². The average molecular weight is 338 g/mol. The van der Waals surface area contributed by atoms with E-state index >= 15 is 0 Å². The van der Waals surface area contributed by atoms with Crippen LogP contribution in [-0.4, -0.2) is 29.5 Å². The first-order valence-corrected chi connectivity index (χ1v) is 8.46. The van der Waals surface area contributed by atoms with Crippen molar-refractivity contribution in [1.82, 2.24) is 9.88 Å². The van der Waals surface area contributed by atoms with Gasteiger partial charge in [0.25, 0.3) is 0 Å². The third-order valence-corrected chi connectivity index (χ3v) is 4.33. The number of nitrogens with two attached hydrogens (primary N) is 1. The molecule has 4 heteroatoms. The SMILES string of the molecule is Nc1ccc(C#CCCN2CC=C(c3ccc(Cl)cc3)CC2)cn1. The number of hydrogen-bond donors (Lipinski definition) is 1. The van der Waals surface area contributed by atoms with E-state index in [9.17, 15) is 0 Å². The van der Waals surface area contributed by atoms with E-state index in [1.807, 2.05) is 18.2 Å². The zero-order chi connectivity index (χ0) is 16.8. The van der Waals surface area contributed by atoms with Crippen molar-refractivity contribution < 1.29 is 0 Å². The predicted octanol–water partition coefficient (Wildman–Crippen LogP) is 3.85. The molecule has 1 aliphatic heterocycles. The molecule has 1 aliphatic rings. The van der Waals surface area contributed by atoms with Gasteiger partial charge >= 0.3 is 0 Å². The number of pyridine rings is 1. The molecule has 0 aliphatic carbocycles. The second kappa shape index (κ2) is 8.01. The lowest BCUT2D eigenvalue weighted by atomic mass is 9.99. The molecule has 0 unspecified atom stereocenters. The Kier molecular flexibility index (Phi) is 5.53. The lowest BCUT2D eigenvalue weighted by Gasteiger charge is -2.25. The number of rotatable bonds is 3. The minimum atomic E-state index is 0.525. The van der Waals surface area contributed by atoms with Crippen molar-refractivity contribution in [2.24, 2.45) is 0 Å². The topological polar surface area (TPSA) is 42.1 Å². The van der Waals surface area contributed by atoms with Crippen LogP contribution in [0, 0.1) is 11.8 Å². The summed E-state index contributed by atoms with van der Waals surface area (Å²) in [5.41, 5.74) is 9.15. The van der Waals surface area contributed by atoms with E-state index in [4.69, 9.17) is 17.3 Å². The van der Waals surface area contributed by atoms with Crippen LogP contribution in [0.4, 0.5) is 5.82 Å². The highest BCUT2D eigenvalue weighted by Crippen LogP contribution is 2.23. The van der Waals surface area contributed by atoms with Crippen LogP contribution < -0.4 is 5.73 Å². The van der Waals surface area contributed by atoms with Gasteiger partial charge in [-0.15, -0.1) is 0 Å². The molecule has 3 nitrogen and oxygen atoms in total. The Labute approximate surface area is 148 Å². The van der Waals surface area contributed by atoms with Crippen LogP contribution >= 0.6 is 11.6 Å². The molecule has 1 aromatic heterocycles. The molecule has 0 fully saturated rings. The smallest absolute Gasteiger partial charge is 0.123 e. The molecule has 3 rings (SSSR count). The van der Waals surface area contributed by atoms with E-state index in [-0.39, 0.29) is 0 Å². The Balaban J connectivity index is 1.49. The number of nitrogen functional groups attached to an aromatic ring is 1. The summed E-state index contributed by atoms with van der Waals surface area (Å²) in [5.74, 6) is 6.86. The van der Waals surface area contributed by atoms with Crippen LogP contribution in [0.25, 0.3) is 5.57 Å². The second-order valence-electron chi connectivity index (χ2n) is 5.81. The van der Waals surface area contributed by atoms with Gasteiger partial charge in [-0.05, 0) is 41.8 Å². The molecule has 24 heavy (non-hydrogen) atoms. The third-order valence-electron chi connectivity index (χ3n) is 4.08. The minimum absolute atomic E-state index is 0.525.